The van der Waals surface area contributed by atoms with E-state index in [-0.39, 0.29) is 0 Å². The van der Waals surface area contributed by atoms with Gasteiger partial charge in [0.15, 0.2) is 0 Å². The number of fused-ring (bicyclic) bond motifs is 1. The van der Waals surface area contributed by atoms with Gasteiger partial charge in [-0.3, -0.25) is 4.98 Å². The SMILES string of the molecule is CC(NC1CCc2ccccc21)c1cncs1. The lowest BCUT2D eigenvalue weighted by Crippen LogP contribution is -2.22. The van der Waals surface area contributed by atoms with E-state index in [9.17, 15) is 0 Å². The highest BCUT2D eigenvalue weighted by Gasteiger charge is 2.23. The Bertz CT molecular complexity index is 493. The Morgan fingerprint density at radius 3 is 3.12 bits per heavy atom. The second-order valence-electron chi connectivity index (χ2n) is 4.58. The quantitative estimate of drug-likeness (QED) is 0.894. The molecule has 17 heavy (non-hydrogen) atoms. The van der Waals surface area contributed by atoms with E-state index in [1.54, 1.807) is 11.3 Å². The monoisotopic (exact) mass is 244 g/mol. The molecule has 3 heteroatoms. The van der Waals surface area contributed by atoms with Crippen LogP contribution < -0.4 is 5.32 Å². The van der Waals surface area contributed by atoms with E-state index in [2.05, 4.69) is 41.5 Å². The summed E-state index contributed by atoms with van der Waals surface area (Å²) in [5.74, 6) is 0. The lowest BCUT2D eigenvalue weighted by Gasteiger charge is -2.19. The van der Waals surface area contributed by atoms with Crippen molar-refractivity contribution in [2.45, 2.75) is 31.8 Å². The standard InChI is InChI=1S/C14H16N2S/c1-10(14-8-15-9-17-14)16-13-7-6-11-4-2-3-5-12(11)13/h2-5,8-10,13,16H,6-7H2,1H3. The Kier molecular flexibility index (Phi) is 2.95. The molecule has 2 unspecified atom stereocenters. The molecule has 1 N–H and O–H groups in total. The van der Waals surface area contributed by atoms with Crippen LogP contribution in [0.1, 0.15) is 41.4 Å². The Labute approximate surface area is 106 Å². The lowest BCUT2D eigenvalue weighted by atomic mass is 10.1. The van der Waals surface area contributed by atoms with Crippen molar-refractivity contribution in [2.75, 3.05) is 0 Å². The summed E-state index contributed by atoms with van der Waals surface area (Å²) in [6, 6.07) is 9.65. The smallest absolute Gasteiger partial charge is 0.0794 e. The first-order valence-electron chi connectivity index (χ1n) is 6.07. The number of aryl methyl sites for hydroxylation is 1. The van der Waals surface area contributed by atoms with Gasteiger partial charge in [-0.2, -0.15) is 0 Å². The third-order valence-corrected chi connectivity index (χ3v) is 4.42. The van der Waals surface area contributed by atoms with Crippen LogP contribution in [0.2, 0.25) is 0 Å². The highest BCUT2D eigenvalue weighted by molar-refractivity contribution is 7.09. The predicted octanol–water partition coefficient (Wildman–Crippen LogP) is 3.48. The van der Waals surface area contributed by atoms with E-state index in [0.717, 1.165) is 0 Å². The normalized spacial score (nSPS) is 20.2. The number of aromatic nitrogens is 1. The fourth-order valence-corrected chi connectivity index (χ4v) is 3.19. The molecule has 2 atom stereocenters. The minimum Gasteiger partial charge on any atom is -0.303 e. The van der Waals surface area contributed by atoms with Gasteiger partial charge in [-0.05, 0) is 30.9 Å². The fourth-order valence-electron chi connectivity index (χ4n) is 2.55. The molecule has 0 radical (unpaired) electrons. The summed E-state index contributed by atoms with van der Waals surface area (Å²) >= 11 is 1.72. The van der Waals surface area contributed by atoms with Crippen molar-refractivity contribution in [2.24, 2.45) is 0 Å². The molecule has 1 aromatic heterocycles. The highest BCUT2D eigenvalue weighted by Crippen LogP contribution is 2.33. The average molecular weight is 244 g/mol. The molecule has 88 valence electrons. The Hall–Kier alpha value is -1.19. The van der Waals surface area contributed by atoms with Gasteiger partial charge < -0.3 is 5.32 Å². The van der Waals surface area contributed by atoms with E-state index >= 15 is 0 Å². The fraction of sp³-hybridized carbons (Fsp3) is 0.357. The van der Waals surface area contributed by atoms with Gasteiger partial charge >= 0.3 is 0 Å². The lowest BCUT2D eigenvalue weighted by molar-refractivity contribution is 0.469. The average Bonchev–Trinajstić information content (AvgIpc) is 2.98. The number of nitrogens with zero attached hydrogens (tertiary/aromatic N) is 1. The van der Waals surface area contributed by atoms with Crippen molar-refractivity contribution in [1.82, 2.24) is 10.3 Å². The first kappa shape index (κ1) is 10.9. The van der Waals surface area contributed by atoms with Crippen LogP contribution in [0, 0.1) is 0 Å². The van der Waals surface area contributed by atoms with Gasteiger partial charge in [0.05, 0.1) is 5.51 Å². The largest absolute Gasteiger partial charge is 0.303 e. The maximum atomic E-state index is 4.14. The molecule has 0 bridgehead atoms. The first-order valence-corrected chi connectivity index (χ1v) is 6.95. The van der Waals surface area contributed by atoms with E-state index in [0.29, 0.717) is 12.1 Å². The topological polar surface area (TPSA) is 24.9 Å². The zero-order valence-corrected chi connectivity index (χ0v) is 10.7. The molecular weight excluding hydrogens is 228 g/mol. The molecule has 1 aliphatic rings. The molecule has 2 aromatic rings. The summed E-state index contributed by atoms with van der Waals surface area (Å²) in [4.78, 5) is 5.45. The van der Waals surface area contributed by atoms with Crippen LogP contribution in [0.5, 0.6) is 0 Å². The van der Waals surface area contributed by atoms with E-state index in [1.165, 1.54) is 28.8 Å². The van der Waals surface area contributed by atoms with Gasteiger partial charge in [0.25, 0.3) is 0 Å². The molecule has 3 rings (SSSR count). The molecule has 0 saturated heterocycles. The summed E-state index contributed by atoms with van der Waals surface area (Å²) in [5.41, 5.74) is 4.88. The van der Waals surface area contributed by atoms with Crippen molar-refractivity contribution in [3.05, 3.63) is 52.0 Å². The number of hydrogen-bond acceptors (Lipinski definition) is 3. The Morgan fingerprint density at radius 1 is 1.41 bits per heavy atom. The van der Waals surface area contributed by atoms with E-state index in [1.807, 2.05) is 11.7 Å². The number of benzene rings is 1. The zero-order valence-electron chi connectivity index (χ0n) is 9.89. The van der Waals surface area contributed by atoms with Crippen molar-refractivity contribution < 1.29 is 0 Å². The molecule has 0 saturated carbocycles. The summed E-state index contributed by atoms with van der Waals surface area (Å²) in [6.07, 6.45) is 4.37. The maximum absolute atomic E-state index is 4.14. The molecule has 0 amide bonds. The van der Waals surface area contributed by atoms with Crippen LogP contribution in [-0.2, 0) is 6.42 Å². The second kappa shape index (κ2) is 4.59. The molecule has 1 aliphatic carbocycles. The number of nitrogens with one attached hydrogen (secondary N) is 1. The predicted molar refractivity (Wildman–Crippen MR) is 71.2 cm³/mol. The number of thiazole rings is 1. The third kappa shape index (κ3) is 2.13. The van der Waals surface area contributed by atoms with Gasteiger partial charge in [-0.1, -0.05) is 24.3 Å². The summed E-state index contributed by atoms with van der Waals surface area (Å²) in [7, 11) is 0. The second-order valence-corrected chi connectivity index (χ2v) is 5.50. The van der Waals surface area contributed by atoms with Crippen molar-refractivity contribution in [3.63, 3.8) is 0 Å². The third-order valence-electron chi connectivity index (χ3n) is 3.46. The molecule has 0 spiro atoms. The minimum absolute atomic E-state index is 0.388. The van der Waals surface area contributed by atoms with Gasteiger partial charge in [-0.25, -0.2) is 0 Å². The molecule has 0 fully saturated rings. The van der Waals surface area contributed by atoms with Crippen LogP contribution in [0.4, 0.5) is 0 Å². The molecular formula is C14H16N2S. The van der Waals surface area contributed by atoms with E-state index < -0.39 is 0 Å². The van der Waals surface area contributed by atoms with Crippen LogP contribution in [0.15, 0.2) is 36.0 Å². The van der Waals surface area contributed by atoms with Gasteiger partial charge in [0.2, 0.25) is 0 Å². The maximum Gasteiger partial charge on any atom is 0.0794 e. The van der Waals surface area contributed by atoms with Gasteiger partial charge in [0.1, 0.15) is 0 Å². The van der Waals surface area contributed by atoms with Gasteiger partial charge in [-0.15, -0.1) is 11.3 Å². The minimum atomic E-state index is 0.388. The first-order chi connectivity index (χ1) is 8.34. The summed E-state index contributed by atoms with van der Waals surface area (Å²) in [5, 5.41) is 3.71. The van der Waals surface area contributed by atoms with Crippen LogP contribution >= 0.6 is 11.3 Å². The number of rotatable bonds is 3. The van der Waals surface area contributed by atoms with Crippen molar-refractivity contribution in [3.8, 4) is 0 Å². The number of hydrogen-bond donors (Lipinski definition) is 1. The Balaban J connectivity index is 1.75. The zero-order chi connectivity index (χ0) is 11.7. The molecule has 1 aromatic carbocycles. The highest BCUT2D eigenvalue weighted by atomic mass is 32.1. The molecule has 1 heterocycles. The van der Waals surface area contributed by atoms with Crippen LogP contribution in [0.3, 0.4) is 0 Å². The molecule has 0 aliphatic heterocycles. The molecule has 2 nitrogen and oxygen atoms in total. The van der Waals surface area contributed by atoms with Gasteiger partial charge in [0, 0.05) is 23.2 Å². The summed E-state index contributed by atoms with van der Waals surface area (Å²) < 4.78 is 0. The van der Waals surface area contributed by atoms with E-state index in [4.69, 9.17) is 0 Å². The summed E-state index contributed by atoms with van der Waals surface area (Å²) in [6.45, 7) is 2.22. The van der Waals surface area contributed by atoms with Crippen molar-refractivity contribution in [1.29, 1.82) is 0 Å². The van der Waals surface area contributed by atoms with Crippen LogP contribution in [0.25, 0.3) is 0 Å². The Morgan fingerprint density at radius 2 is 2.29 bits per heavy atom. The van der Waals surface area contributed by atoms with Crippen molar-refractivity contribution >= 4 is 11.3 Å². The van der Waals surface area contributed by atoms with Crippen LogP contribution in [-0.4, -0.2) is 4.98 Å².